The van der Waals surface area contributed by atoms with Gasteiger partial charge < -0.3 is 9.47 Å². The van der Waals surface area contributed by atoms with E-state index in [0.29, 0.717) is 16.8 Å². The molecule has 110 valence electrons. The highest BCUT2D eigenvalue weighted by Gasteiger charge is 2.66. The first-order valence-corrected chi connectivity index (χ1v) is 9.33. The minimum Gasteiger partial charge on any atom is -0.368 e. The van der Waals surface area contributed by atoms with Crippen LogP contribution < -0.4 is 0 Å². The van der Waals surface area contributed by atoms with Gasteiger partial charge in [0.25, 0.3) is 0 Å². The Morgan fingerprint density at radius 2 is 1.84 bits per heavy atom. The van der Waals surface area contributed by atoms with Gasteiger partial charge in [-0.15, -0.1) is 0 Å². The van der Waals surface area contributed by atoms with Gasteiger partial charge in [0.05, 0.1) is 17.8 Å². The maximum atomic E-state index is 6.60. The Hall–Kier alpha value is 0.880. The highest BCUT2D eigenvalue weighted by molar-refractivity contribution is 9.09. The summed E-state index contributed by atoms with van der Waals surface area (Å²) in [7, 11) is 0. The van der Waals surface area contributed by atoms with Gasteiger partial charge in [-0.05, 0) is 44.4 Å². The second-order valence-corrected chi connectivity index (χ2v) is 9.23. The lowest BCUT2D eigenvalue weighted by Gasteiger charge is -2.53. The minimum absolute atomic E-state index is 0.00794. The van der Waals surface area contributed by atoms with Crippen LogP contribution in [0.25, 0.3) is 0 Å². The number of hydrogen-bond donors (Lipinski definition) is 0. The minimum atomic E-state index is -0.0677. The maximum Gasteiger partial charge on any atom is 0.119 e. The normalized spacial score (nSPS) is 55.9. The molecule has 0 spiro atoms. The Morgan fingerprint density at radius 3 is 2.47 bits per heavy atom. The van der Waals surface area contributed by atoms with Crippen LogP contribution in [0.15, 0.2) is 0 Å². The molecular weight excluding hydrogens is 372 g/mol. The molecule has 2 nitrogen and oxygen atoms in total. The van der Waals surface area contributed by atoms with Crippen LogP contribution in [0.3, 0.4) is 0 Å². The summed E-state index contributed by atoms with van der Waals surface area (Å²) < 4.78 is 12.6. The van der Waals surface area contributed by atoms with E-state index in [1.165, 1.54) is 6.42 Å². The SMILES string of the molecule is CC1(C)[C@H](Br)CC[C@@]2(C)O[C@H](CBr)[C@@]3(C)O[C@H]3C[C@H]12. The van der Waals surface area contributed by atoms with Crippen LogP contribution in [0, 0.1) is 11.3 Å². The monoisotopic (exact) mass is 394 g/mol. The fraction of sp³-hybridized carbons (Fsp3) is 1.00. The Bertz CT molecular complexity index is 386. The van der Waals surface area contributed by atoms with Crippen molar-refractivity contribution in [3.05, 3.63) is 0 Å². The molecule has 2 heterocycles. The summed E-state index contributed by atoms with van der Waals surface area (Å²) >= 11 is 7.51. The Balaban J connectivity index is 1.95. The van der Waals surface area contributed by atoms with Crippen LogP contribution in [0.1, 0.15) is 47.0 Å². The van der Waals surface area contributed by atoms with Gasteiger partial charge in [-0.25, -0.2) is 0 Å². The molecule has 0 aromatic rings. The first-order valence-electron chi connectivity index (χ1n) is 7.30. The predicted octanol–water partition coefficient (Wildman–Crippen LogP) is 4.29. The van der Waals surface area contributed by atoms with Crippen LogP contribution in [0.2, 0.25) is 0 Å². The first-order chi connectivity index (χ1) is 8.74. The number of alkyl halides is 2. The summed E-state index contributed by atoms with van der Waals surface area (Å²) in [6.45, 7) is 9.29. The molecule has 0 unspecified atom stereocenters. The fourth-order valence-electron chi connectivity index (χ4n) is 4.34. The molecule has 0 N–H and O–H groups in total. The third-order valence-electron chi connectivity index (χ3n) is 5.96. The summed E-state index contributed by atoms with van der Waals surface area (Å²) in [5.41, 5.74) is 0.175. The van der Waals surface area contributed by atoms with Gasteiger partial charge in [0.15, 0.2) is 0 Å². The van der Waals surface area contributed by atoms with Crippen molar-refractivity contribution >= 4 is 31.9 Å². The van der Waals surface area contributed by atoms with Crippen molar-refractivity contribution in [1.82, 2.24) is 0 Å². The Morgan fingerprint density at radius 1 is 1.16 bits per heavy atom. The van der Waals surface area contributed by atoms with Crippen LogP contribution in [0.5, 0.6) is 0 Å². The van der Waals surface area contributed by atoms with Gasteiger partial charge in [-0.1, -0.05) is 45.7 Å². The van der Waals surface area contributed by atoms with Gasteiger partial charge in [-0.2, -0.15) is 0 Å². The zero-order chi connectivity index (χ0) is 14.1. The average molecular weight is 396 g/mol. The smallest absolute Gasteiger partial charge is 0.119 e. The van der Waals surface area contributed by atoms with E-state index >= 15 is 0 Å². The van der Waals surface area contributed by atoms with Crippen molar-refractivity contribution in [3.63, 3.8) is 0 Å². The molecule has 0 bridgehead atoms. The highest BCUT2D eigenvalue weighted by atomic mass is 79.9. The van der Waals surface area contributed by atoms with Gasteiger partial charge >= 0.3 is 0 Å². The van der Waals surface area contributed by atoms with Crippen molar-refractivity contribution in [2.45, 2.75) is 75.2 Å². The molecule has 0 aromatic heterocycles. The molecule has 6 atom stereocenters. The third-order valence-corrected chi connectivity index (χ3v) is 8.18. The number of ether oxygens (including phenoxy) is 2. The molecule has 0 radical (unpaired) electrons. The van der Waals surface area contributed by atoms with E-state index in [4.69, 9.17) is 9.47 Å². The number of rotatable bonds is 1. The summed E-state index contributed by atoms with van der Waals surface area (Å²) in [6.07, 6.45) is 4.01. The Labute approximate surface area is 133 Å². The van der Waals surface area contributed by atoms with E-state index in [1.54, 1.807) is 0 Å². The second kappa shape index (κ2) is 4.44. The van der Waals surface area contributed by atoms with Gasteiger partial charge in [-0.3, -0.25) is 0 Å². The fourth-order valence-corrected chi connectivity index (χ4v) is 5.66. The van der Waals surface area contributed by atoms with E-state index in [0.717, 1.165) is 18.2 Å². The molecule has 3 aliphatic rings. The lowest BCUT2D eigenvalue weighted by molar-refractivity contribution is -0.169. The topological polar surface area (TPSA) is 21.8 Å². The third kappa shape index (κ3) is 2.08. The number of halogens is 2. The Kier molecular flexibility index (Phi) is 3.46. The van der Waals surface area contributed by atoms with Crippen LogP contribution in [-0.4, -0.2) is 33.6 Å². The van der Waals surface area contributed by atoms with E-state index in [9.17, 15) is 0 Å². The molecule has 1 aliphatic carbocycles. The molecule has 3 fully saturated rings. The molecule has 2 aliphatic heterocycles. The van der Waals surface area contributed by atoms with Crippen LogP contribution in [-0.2, 0) is 9.47 Å². The lowest BCUT2D eigenvalue weighted by atomic mass is 9.60. The average Bonchev–Trinajstić information content (AvgIpc) is 3.00. The quantitative estimate of drug-likeness (QED) is 0.488. The molecule has 2 saturated heterocycles. The van der Waals surface area contributed by atoms with Gasteiger partial charge in [0, 0.05) is 10.2 Å². The van der Waals surface area contributed by atoms with Crippen LogP contribution >= 0.6 is 31.9 Å². The van der Waals surface area contributed by atoms with Crippen molar-refractivity contribution in [2.24, 2.45) is 11.3 Å². The summed E-state index contributed by atoms with van der Waals surface area (Å²) in [4.78, 5) is 0.576. The largest absolute Gasteiger partial charge is 0.368 e. The molecule has 3 rings (SSSR count). The van der Waals surface area contributed by atoms with Crippen molar-refractivity contribution in [3.8, 4) is 0 Å². The van der Waals surface area contributed by atoms with Gasteiger partial charge in [0.1, 0.15) is 5.60 Å². The number of fused-ring (bicyclic) bond motifs is 2. The summed E-state index contributed by atoms with van der Waals surface area (Å²) in [5, 5.41) is 0.862. The van der Waals surface area contributed by atoms with E-state index in [1.807, 2.05) is 0 Å². The van der Waals surface area contributed by atoms with Crippen LogP contribution in [0.4, 0.5) is 0 Å². The molecule has 1 saturated carbocycles. The lowest BCUT2D eigenvalue weighted by Crippen LogP contribution is -2.54. The maximum absolute atomic E-state index is 6.60. The molecule has 0 amide bonds. The molecular formula is C15H24Br2O2. The zero-order valence-electron chi connectivity index (χ0n) is 12.2. The van der Waals surface area contributed by atoms with E-state index in [-0.39, 0.29) is 22.7 Å². The molecule has 4 heteroatoms. The number of hydrogen-bond acceptors (Lipinski definition) is 2. The highest BCUT2D eigenvalue weighted by Crippen LogP contribution is 2.59. The van der Waals surface area contributed by atoms with Crippen molar-refractivity contribution in [2.75, 3.05) is 5.33 Å². The zero-order valence-corrected chi connectivity index (χ0v) is 15.4. The van der Waals surface area contributed by atoms with E-state index in [2.05, 4.69) is 59.6 Å². The predicted molar refractivity (Wildman–Crippen MR) is 84.2 cm³/mol. The molecule has 19 heavy (non-hydrogen) atoms. The summed E-state index contributed by atoms with van der Waals surface area (Å²) in [6, 6.07) is 0. The van der Waals surface area contributed by atoms with Crippen molar-refractivity contribution < 1.29 is 9.47 Å². The second-order valence-electron chi connectivity index (χ2n) is 7.48. The molecule has 0 aromatic carbocycles. The van der Waals surface area contributed by atoms with Gasteiger partial charge in [0.2, 0.25) is 0 Å². The van der Waals surface area contributed by atoms with E-state index < -0.39 is 0 Å². The standard InChI is InChI=1S/C15H24Br2O2/c1-13(2)9-7-11-15(4,19-11)12(8-16)18-14(9,3)6-5-10(13)17/h9-12H,5-8H2,1-4H3/t9-,10-,11+,12-,14-,15+/m1/s1. The van der Waals surface area contributed by atoms with Crippen molar-refractivity contribution in [1.29, 1.82) is 0 Å². The number of epoxide rings is 1. The summed E-state index contributed by atoms with van der Waals surface area (Å²) in [5.74, 6) is 0.550. The first kappa shape index (κ1) is 14.8.